The minimum atomic E-state index is -0.510. The monoisotopic (exact) mass is 254 g/mol. The van der Waals surface area contributed by atoms with Crippen molar-refractivity contribution in [2.24, 2.45) is 0 Å². The van der Waals surface area contributed by atoms with Crippen molar-refractivity contribution in [3.63, 3.8) is 0 Å². The van der Waals surface area contributed by atoms with E-state index >= 15 is 0 Å². The maximum absolute atomic E-state index is 11.5. The van der Waals surface area contributed by atoms with Crippen molar-refractivity contribution in [1.29, 1.82) is 0 Å². The highest BCUT2D eigenvalue weighted by Crippen LogP contribution is 2.29. The van der Waals surface area contributed by atoms with Gasteiger partial charge in [-0.15, -0.1) is 0 Å². The van der Waals surface area contributed by atoms with Crippen LogP contribution in [-0.4, -0.2) is 11.1 Å². The molecule has 3 nitrogen and oxygen atoms in total. The van der Waals surface area contributed by atoms with Gasteiger partial charge in [0.1, 0.15) is 11.5 Å². The lowest BCUT2D eigenvalue weighted by Crippen LogP contribution is -2.08. The summed E-state index contributed by atoms with van der Waals surface area (Å²) in [5, 5.41) is 9.69. The van der Waals surface area contributed by atoms with Crippen molar-refractivity contribution in [2.45, 2.75) is 6.92 Å². The largest absolute Gasteiger partial charge is 0.508 e. The van der Waals surface area contributed by atoms with Crippen LogP contribution < -0.4 is 4.74 Å². The molecule has 1 N–H and O–H groups in total. The van der Waals surface area contributed by atoms with Gasteiger partial charge in [-0.25, -0.2) is 4.79 Å². The summed E-state index contributed by atoms with van der Waals surface area (Å²) in [6.45, 7) is 5.09. The Morgan fingerprint density at radius 1 is 1.11 bits per heavy atom. The third-order valence-electron chi connectivity index (χ3n) is 2.56. The van der Waals surface area contributed by atoms with Crippen LogP contribution in [0.15, 0.2) is 60.7 Å². The van der Waals surface area contributed by atoms with Gasteiger partial charge in [-0.05, 0) is 30.2 Å². The molecule has 2 aromatic rings. The van der Waals surface area contributed by atoms with E-state index in [9.17, 15) is 9.90 Å². The first kappa shape index (κ1) is 12.9. The third kappa shape index (κ3) is 3.22. The quantitative estimate of drug-likeness (QED) is 0.517. The normalized spacial score (nSPS) is 9.95. The van der Waals surface area contributed by atoms with Crippen molar-refractivity contribution in [1.82, 2.24) is 0 Å². The number of hydrogen-bond donors (Lipinski definition) is 1. The zero-order valence-corrected chi connectivity index (χ0v) is 10.6. The SMILES string of the molecule is C=C(C)C(=O)Oc1cc(O)cc(-c2ccccc2)c1. The lowest BCUT2D eigenvalue weighted by atomic mass is 10.1. The van der Waals surface area contributed by atoms with Gasteiger partial charge < -0.3 is 9.84 Å². The van der Waals surface area contributed by atoms with E-state index in [0.29, 0.717) is 11.3 Å². The molecule has 0 spiro atoms. The van der Waals surface area contributed by atoms with E-state index in [1.165, 1.54) is 6.07 Å². The summed E-state index contributed by atoms with van der Waals surface area (Å²) in [4.78, 5) is 11.5. The van der Waals surface area contributed by atoms with E-state index in [1.54, 1.807) is 19.1 Å². The Hall–Kier alpha value is -2.55. The maximum atomic E-state index is 11.5. The molecule has 0 saturated carbocycles. The molecule has 0 fully saturated rings. The standard InChI is InChI=1S/C16H14O3/c1-11(2)16(18)19-15-9-13(8-14(17)10-15)12-6-4-3-5-7-12/h3-10,17H,1H2,2H3. The number of phenolic OH excluding ortho intramolecular Hbond substituents is 1. The summed E-state index contributed by atoms with van der Waals surface area (Å²) >= 11 is 0. The van der Waals surface area contributed by atoms with Crippen molar-refractivity contribution in [2.75, 3.05) is 0 Å². The van der Waals surface area contributed by atoms with Gasteiger partial charge in [0.2, 0.25) is 0 Å². The molecular formula is C16H14O3. The van der Waals surface area contributed by atoms with Crippen LogP contribution in [0.25, 0.3) is 11.1 Å². The maximum Gasteiger partial charge on any atom is 0.338 e. The van der Waals surface area contributed by atoms with Crippen molar-refractivity contribution < 1.29 is 14.6 Å². The fraction of sp³-hybridized carbons (Fsp3) is 0.0625. The molecule has 0 heterocycles. The molecule has 0 unspecified atom stereocenters. The zero-order valence-electron chi connectivity index (χ0n) is 10.6. The molecule has 2 rings (SSSR count). The number of ether oxygens (including phenoxy) is 1. The Labute approximate surface area is 111 Å². The van der Waals surface area contributed by atoms with Crippen LogP contribution in [0, 0.1) is 0 Å². The van der Waals surface area contributed by atoms with E-state index in [4.69, 9.17) is 4.74 Å². The number of hydrogen-bond acceptors (Lipinski definition) is 3. The van der Waals surface area contributed by atoms with Crippen molar-refractivity contribution >= 4 is 5.97 Å². The fourth-order valence-corrected chi connectivity index (χ4v) is 1.63. The van der Waals surface area contributed by atoms with Gasteiger partial charge in [0.25, 0.3) is 0 Å². The molecule has 3 heteroatoms. The number of phenols is 1. The van der Waals surface area contributed by atoms with Crippen LogP contribution in [0.1, 0.15) is 6.92 Å². The zero-order chi connectivity index (χ0) is 13.8. The molecule has 0 aromatic heterocycles. The van der Waals surface area contributed by atoms with Crippen molar-refractivity contribution in [3.05, 3.63) is 60.7 Å². The van der Waals surface area contributed by atoms with Crippen LogP contribution in [0.5, 0.6) is 11.5 Å². The van der Waals surface area contributed by atoms with Crippen molar-refractivity contribution in [3.8, 4) is 22.6 Å². The van der Waals surface area contributed by atoms with Crippen LogP contribution >= 0.6 is 0 Å². The molecule has 0 aliphatic heterocycles. The third-order valence-corrected chi connectivity index (χ3v) is 2.56. The molecule has 0 aliphatic rings. The molecule has 0 aliphatic carbocycles. The van der Waals surface area contributed by atoms with E-state index < -0.39 is 5.97 Å². The number of aromatic hydroxyl groups is 1. The minimum Gasteiger partial charge on any atom is -0.508 e. The minimum absolute atomic E-state index is 0.0471. The molecule has 0 bridgehead atoms. The smallest absolute Gasteiger partial charge is 0.338 e. The Morgan fingerprint density at radius 3 is 2.42 bits per heavy atom. The van der Waals surface area contributed by atoms with Gasteiger partial charge in [-0.3, -0.25) is 0 Å². The highest BCUT2D eigenvalue weighted by Gasteiger charge is 2.08. The number of carbonyl (C=O) groups excluding carboxylic acids is 1. The Kier molecular flexibility index (Phi) is 3.66. The van der Waals surface area contributed by atoms with E-state index in [0.717, 1.165) is 11.1 Å². The Balaban J connectivity index is 2.35. The number of rotatable bonds is 3. The predicted octanol–water partition coefficient (Wildman–Crippen LogP) is 3.54. The molecule has 19 heavy (non-hydrogen) atoms. The highest BCUT2D eigenvalue weighted by molar-refractivity contribution is 5.89. The van der Waals surface area contributed by atoms with E-state index in [2.05, 4.69) is 6.58 Å². The molecular weight excluding hydrogens is 240 g/mol. The summed E-state index contributed by atoms with van der Waals surface area (Å²) in [7, 11) is 0. The first-order valence-electron chi connectivity index (χ1n) is 5.83. The topological polar surface area (TPSA) is 46.5 Å². The highest BCUT2D eigenvalue weighted by atomic mass is 16.5. The van der Waals surface area contributed by atoms with E-state index in [1.807, 2.05) is 30.3 Å². The van der Waals surface area contributed by atoms with Crippen LogP contribution in [0.2, 0.25) is 0 Å². The van der Waals surface area contributed by atoms with Gasteiger partial charge in [0.05, 0.1) is 0 Å². The van der Waals surface area contributed by atoms with Crippen LogP contribution in [0.4, 0.5) is 0 Å². The second kappa shape index (κ2) is 5.40. The first-order chi connectivity index (χ1) is 9.06. The average Bonchev–Trinajstić information content (AvgIpc) is 2.39. The average molecular weight is 254 g/mol. The molecule has 0 saturated heterocycles. The summed E-state index contributed by atoms with van der Waals surface area (Å²) in [6, 6.07) is 14.3. The number of benzene rings is 2. The second-order valence-electron chi connectivity index (χ2n) is 4.25. The molecule has 0 atom stereocenters. The lowest BCUT2D eigenvalue weighted by Gasteiger charge is -2.08. The van der Waals surface area contributed by atoms with Gasteiger partial charge in [-0.1, -0.05) is 36.9 Å². The summed E-state index contributed by atoms with van der Waals surface area (Å²) < 4.78 is 5.12. The summed E-state index contributed by atoms with van der Waals surface area (Å²) in [6.07, 6.45) is 0. The summed E-state index contributed by atoms with van der Waals surface area (Å²) in [5.74, 6) is -0.165. The van der Waals surface area contributed by atoms with Gasteiger partial charge in [-0.2, -0.15) is 0 Å². The first-order valence-corrected chi connectivity index (χ1v) is 5.83. The Bertz CT molecular complexity index is 615. The van der Waals surface area contributed by atoms with Crippen LogP contribution in [0.3, 0.4) is 0 Å². The molecule has 0 amide bonds. The number of carbonyl (C=O) groups is 1. The summed E-state index contributed by atoms with van der Waals surface area (Å²) in [5.41, 5.74) is 2.03. The Morgan fingerprint density at radius 2 is 1.79 bits per heavy atom. The number of esters is 1. The molecule has 0 radical (unpaired) electrons. The van der Waals surface area contributed by atoms with Crippen LogP contribution in [-0.2, 0) is 4.79 Å². The second-order valence-corrected chi connectivity index (χ2v) is 4.25. The molecule has 96 valence electrons. The predicted molar refractivity (Wildman–Crippen MR) is 74.0 cm³/mol. The lowest BCUT2D eigenvalue weighted by molar-refractivity contribution is -0.130. The van der Waals surface area contributed by atoms with Gasteiger partial charge in [0, 0.05) is 11.6 Å². The van der Waals surface area contributed by atoms with Gasteiger partial charge >= 0.3 is 5.97 Å². The van der Waals surface area contributed by atoms with E-state index in [-0.39, 0.29) is 5.75 Å². The fourth-order valence-electron chi connectivity index (χ4n) is 1.63. The van der Waals surface area contributed by atoms with Gasteiger partial charge in [0.15, 0.2) is 0 Å². The molecule has 2 aromatic carbocycles.